The van der Waals surface area contributed by atoms with Crippen LogP contribution in [0, 0.1) is 11.3 Å². The summed E-state index contributed by atoms with van der Waals surface area (Å²) in [6.07, 6.45) is 2.33. The molecule has 0 saturated carbocycles. The van der Waals surface area contributed by atoms with Crippen molar-refractivity contribution in [2.75, 3.05) is 0 Å². The summed E-state index contributed by atoms with van der Waals surface area (Å²) in [7, 11) is 0. The average molecular weight is 156 g/mol. The minimum absolute atomic E-state index is 0.0185. The van der Waals surface area contributed by atoms with Crippen molar-refractivity contribution in [3.63, 3.8) is 0 Å². The highest BCUT2D eigenvalue weighted by Gasteiger charge is 2.35. The van der Waals surface area contributed by atoms with Gasteiger partial charge in [0.25, 0.3) is 0 Å². The summed E-state index contributed by atoms with van der Waals surface area (Å²) in [4.78, 5) is 10.8. The van der Waals surface area contributed by atoms with Gasteiger partial charge in [-0.2, -0.15) is 0 Å². The topological polar surface area (TPSA) is 37.3 Å². The van der Waals surface area contributed by atoms with E-state index in [0.717, 1.165) is 0 Å². The molecule has 0 heterocycles. The van der Waals surface area contributed by atoms with Crippen molar-refractivity contribution in [1.82, 2.24) is 0 Å². The van der Waals surface area contributed by atoms with Gasteiger partial charge in [-0.25, -0.2) is 0 Å². The molecule has 0 aliphatic heterocycles. The Labute approximate surface area is 67.9 Å². The Kier molecular flexibility index (Phi) is 3.30. The second-order valence-electron chi connectivity index (χ2n) is 3.10. The lowest BCUT2D eigenvalue weighted by atomic mass is 9.76. The van der Waals surface area contributed by atoms with Gasteiger partial charge in [-0.05, 0) is 19.3 Å². The van der Waals surface area contributed by atoms with Crippen LogP contribution >= 0.6 is 0 Å². The number of aliphatic carboxylic acids is 1. The van der Waals surface area contributed by atoms with E-state index in [2.05, 4.69) is 6.58 Å². The Balaban J connectivity index is 4.58. The largest absolute Gasteiger partial charge is 0.481 e. The van der Waals surface area contributed by atoms with Crippen molar-refractivity contribution in [1.29, 1.82) is 0 Å². The molecular formula is C9H16O2. The summed E-state index contributed by atoms with van der Waals surface area (Å²) in [5.41, 5.74) is -0.651. The Morgan fingerprint density at radius 3 is 2.36 bits per heavy atom. The molecule has 0 aromatic heterocycles. The molecule has 0 rings (SSSR count). The van der Waals surface area contributed by atoms with Gasteiger partial charge in [0, 0.05) is 0 Å². The van der Waals surface area contributed by atoms with E-state index in [1.807, 2.05) is 13.8 Å². The maximum atomic E-state index is 10.8. The molecule has 64 valence electrons. The fourth-order valence-electron chi connectivity index (χ4n) is 0.928. The first-order chi connectivity index (χ1) is 4.99. The van der Waals surface area contributed by atoms with Crippen LogP contribution in [0.1, 0.15) is 27.2 Å². The fourth-order valence-corrected chi connectivity index (χ4v) is 0.928. The maximum Gasteiger partial charge on any atom is 0.309 e. The minimum atomic E-state index is -0.743. The fraction of sp³-hybridized carbons (Fsp3) is 0.667. The molecule has 0 saturated heterocycles. The second-order valence-corrected chi connectivity index (χ2v) is 3.10. The first-order valence-corrected chi connectivity index (χ1v) is 3.85. The van der Waals surface area contributed by atoms with E-state index in [1.165, 1.54) is 0 Å². The van der Waals surface area contributed by atoms with Crippen LogP contribution in [0.2, 0.25) is 0 Å². The van der Waals surface area contributed by atoms with Gasteiger partial charge in [0.05, 0.1) is 5.41 Å². The number of carbonyl (C=O) groups is 1. The zero-order chi connectivity index (χ0) is 9.07. The normalized spacial score (nSPS) is 18.5. The van der Waals surface area contributed by atoms with Crippen molar-refractivity contribution in [2.24, 2.45) is 11.3 Å². The number of allylic oxidation sites excluding steroid dienone is 1. The molecule has 2 nitrogen and oxygen atoms in total. The number of carboxylic acid groups (broad SMARTS) is 1. The zero-order valence-corrected chi connectivity index (χ0v) is 7.42. The molecule has 0 aliphatic carbocycles. The van der Waals surface area contributed by atoms with Crippen molar-refractivity contribution in [2.45, 2.75) is 27.2 Å². The predicted octanol–water partition coefficient (Wildman–Crippen LogP) is 2.31. The molecular weight excluding hydrogens is 140 g/mol. The summed E-state index contributed by atoms with van der Waals surface area (Å²) in [6.45, 7) is 9.11. The highest BCUT2D eigenvalue weighted by atomic mass is 16.4. The SMILES string of the molecule is C=C[C@H](C)C(C)(CC)C(=O)O. The molecule has 0 aliphatic rings. The van der Waals surface area contributed by atoms with E-state index < -0.39 is 11.4 Å². The summed E-state index contributed by atoms with van der Waals surface area (Å²) in [5.74, 6) is -0.725. The number of hydrogen-bond acceptors (Lipinski definition) is 1. The lowest BCUT2D eigenvalue weighted by molar-refractivity contribution is -0.150. The highest BCUT2D eigenvalue weighted by molar-refractivity contribution is 5.74. The van der Waals surface area contributed by atoms with Gasteiger partial charge in [0.2, 0.25) is 0 Å². The summed E-state index contributed by atoms with van der Waals surface area (Å²) < 4.78 is 0. The molecule has 0 amide bonds. The molecule has 2 heteroatoms. The van der Waals surface area contributed by atoms with E-state index in [-0.39, 0.29) is 5.92 Å². The quantitative estimate of drug-likeness (QED) is 0.634. The van der Waals surface area contributed by atoms with E-state index >= 15 is 0 Å². The third-order valence-corrected chi connectivity index (χ3v) is 2.58. The van der Waals surface area contributed by atoms with Crippen LogP contribution in [-0.2, 0) is 4.79 Å². The van der Waals surface area contributed by atoms with Crippen molar-refractivity contribution < 1.29 is 9.90 Å². The monoisotopic (exact) mass is 156 g/mol. The van der Waals surface area contributed by atoms with Crippen molar-refractivity contribution >= 4 is 5.97 Å². The molecule has 2 atom stereocenters. The van der Waals surface area contributed by atoms with Gasteiger partial charge in [-0.15, -0.1) is 6.58 Å². The first kappa shape index (κ1) is 10.2. The minimum Gasteiger partial charge on any atom is -0.481 e. The Morgan fingerprint density at radius 2 is 2.27 bits per heavy atom. The van der Waals surface area contributed by atoms with E-state index in [1.54, 1.807) is 13.0 Å². The lowest BCUT2D eigenvalue weighted by Crippen LogP contribution is -2.32. The Hall–Kier alpha value is -0.790. The van der Waals surface area contributed by atoms with Gasteiger partial charge >= 0.3 is 5.97 Å². The van der Waals surface area contributed by atoms with Gasteiger partial charge in [0.15, 0.2) is 0 Å². The predicted molar refractivity (Wildman–Crippen MR) is 45.4 cm³/mol. The van der Waals surface area contributed by atoms with Crippen molar-refractivity contribution in [3.05, 3.63) is 12.7 Å². The second kappa shape index (κ2) is 3.56. The van der Waals surface area contributed by atoms with Gasteiger partial charge < -0.3 is 5.11 Å². The lowest BCUT2D eigenvalue weighted by Gasteiger charge is -2.27. The summed E-state index contributed by atoms with van der Waals surface area (Å²) >= 11 is 0. The summed E-state index contributed by atoms with van der Waals surface area (Å²) in [5, 5.41) is 8.89. The first-order valence-electron chi connectivity index (χ1n) is 3.85. The standard InChI is InChI=1S/C9H16O2/c1-5-7(3)9(4,6-2)8(10)11/h5,7H,1,6H2,2-4H3,(H,10,11)/t7-,9?/m0/s1. The van der Waals surface area contributed by atoms with E-state index in [4.69, 9.17) is 5.11 Å². The molecule has 1 N–H and O–H groups in total. The number of rotatable bonds is 4. The van der Waals surface area contributed by atoms with E-state index in [0.29, 0.717) is 6.42 Å². The van der Waals surface area contributed by atoms with Crippen LogP contribution in [0.5, 0.6) is 0 Å². The molecule has 0 aromatic carbocycles. The van der Waals surface area contributed by atoms with Crippen LogP contribution in [0.15, 0.2) is 12.7 Å². The van der Waals surface area contributed by atoms with Gasteiger partial charge in [0.1, 0.15) is 0 Å². The van der Waals surface area contributed by atoms with Crippen LogP contribution in [-0.4, -0.2) is 11.1 Å². The number of hydrogen-bond donors (Lipinski definition) is 1. The van der Waals surface area contributed by atoms with Crippen LogP contribution in [0.3, 0.4) is 0 Å². The molecule has 0 aromatic rings. The van der Waals surface area contributed by atoms with Crippen molar-refractivity contribution in [3.8, 4) is 0 Å². The van der Waals surface area contributed by atoms with Crippen LogP contribution in [0.25, 0.3) is 0 Å². The Morgan fingerprint density at radius 1 is 1.82 bits per heavy atom. The zero-order valence-electron chi connectivity index (χ0n) is 7.42. The van der Waals surface area contributed by atoms with Crippen LogP contribution < -0.4 is 0 Å². The molecule has 0 fully saturated rings. The molecule has 0 bridgehead atoms. The highest BCUT2D eigenvalue weighted by Crippen LogP contribution is 2.31. The molecule has 0 radical (unpaired) electrons. The Bertz CT molecular complexity index is 163. The number of carboxylic acids is 1. The smallest absolute Gasteiger partial charge is 0.309 e. The van der Waals surface area contributed by atoms with Gasteiger partial charge in [-0.1, -0.05) is 19.9 Å². The molecule has 1 unspecified atom stereocenters. The van der Waals surface area contributed by atoms with Crippen LogP contribution in [0.4, 0.5) is 0 Å². The third-order valence-electron chi connectivity index (χ3n) is 2.58. The molecule has 11 heavy (non-hydrogen) atoms. The maximum absolute atomic E-state index is 10.8. The van der Waals surface area contributed by atoms with E-state index in [9.17, 15) is 4.79 Å². The van der Waals surface area contributed by atoms with Gasteiger partial charge in [-0.3, -0.25) is 4.79 Å². The summed E-state index contributed by atoms with van der Waals surface area (Å²) in [6, 6.07) is 0. The third kappa shape index (κ3) is 1.82. The molecule has 0 spiro atoms. The average Bonchev–Trinajstić information content (AvgIpc) is 2.01.